The van der Waals surface area contributed by atoms with Crippen LogP contribution < -0.4 is 15.7 Å². The van der Waals surface area contributed by atoms with Crippen molar-refractivity contribution in [2.45, 2.75) is 13.3 Å². The molecule has 0 N–H and O–H groups in total. The second kappa shape index (κ2) is 6.85. The zero-order valence-electron chi connectivity index (χ0n) is 14.3. The summed E-state index contributed by atoms with van der Waals surface area (Å²) in [6, 6.07) is 13.7. The molecule has 0 unspecified atom stereocenters. The number of hydrogen-bond acceptors (Lipinski definition) is 5. The lowest BCUT2D eigenvalue weighted by Crippen LogP contribution is -2.28. The average molecular weight is 379 g/mol. The number of hydrogen-bond donors (Lipinski definition) is 0. The average Bonchev–Trinajstić information content (AvgIpc) is 2.92. The van der Waals surface area contributed by atoms with Gasteiger partial charge < -0.3 is 0 Å². The number of aryl methyl sites for hydroxylation is 1. The van der Waals surface area contributed by atoms with Gasteiger partial charge in [-0.15, -0.1) is 0 Å². The van der Waals surface area contributed by atoms with E-state index in [2.05, 4.69) is 10.1 Å². The van der Waals surface area contributed by atoms with Crippen LogP contribution in [0.5, 0.6) is 0 Å². The van der Waals surface area contributed by atoms with E-state index < -0.39 is 5.56 Å². The molecule has 0 bridgehead atoms. The Balaban J connectivity index is 1.80. The van der Waals surface area contributed by atoms with Crippen LogP contribution in [0.1, 0.15) is 22.4 Å². The third-order valence-corrected chi connectivity index (χ3v) is 5.05. The summed E-state index contributed by atoms with van der Waals surface area (Å²) in [6.07, 6.45) is 1.86. The van der Waals surface area contributed by atoms with Gasteiger partial charge in [0.1, 0.15) is 11.5 Å². The molecular formula is C20H14FN3O2S. The molecule has 0 spiro atoms. The molecule has 2 aromatic carbocycles. The Bertz CT molecular complexity index is 1310. The van der Waals surface area contributed by atoms with Crippen LogP contribution in [0.15, 0.2) is 58.1 Å². The minimum atomic E-state index is -0.450. The number of rotatable bonds is 3. The molecule has 0 aliphatic heterocycles. The van der Waals surface area contributed by atoms with Crippen molar-refractivity contribution in [1.29, 1.82) is 0 Å². The Kier molecular flexibility index (Phi) is 4.37. The third-order valence-electron chi connectivity index (χ3n) is 4.09. The number of nitrogens with zero attached hydrogens (tertiary/aromatic N) is 3. The highest BCUT2D eigenvalue weighted by Crippen LogP contribution is 2.08. The third kappa shape index (κ3) is 3.54. The van der Waals surface area contributed by atoms with E-state index in [1.807, 2.05) is 31.2 Å². The van der Waals surface area contributed by atoms with Gasteiger partial charge in [0.15, 0.2) is 0 Å². The molecule has 0 saturated heterocycles. The molecule has 0 aliphatic carbocycles. The molecule has 2 aromatic heterocycles. The maximum absolute atomic E-state index is 13.3. The molecule has 4 aromatic rings. The summed E-state index contributed by atoms with van der Waals surface area (Å²) in [5, 5.41) is 4.22. The lowest BCUT2D eigenvalue weighted by molar-refractivity contribution is 0.627. The molecule has 2 heterocycles. The predicted molar refractivity (Wildman–Crippen MR) is 103 cm³/mol. The van der Waals surface area contributed by atoms with Gasteiger partial charge in [0.05, 0.1) is 4.53 Å². The topological polar surface area (TPSA) is 64.3 Å². The van der Waals surface area contributed by atoms with E-state index in [9.17, 15) is 14.0 Å². The number of thiazole rings is 1. The van der Waals surface area contributed by atoms with Crippen LogP contribution in [-0.4, -0.2) is 14.6 Å². The highest BCUT2D eigenvalue weighted by Gasteiger charge is 2.11. The van der Waals surface area contributed by atoms with Crippen molar-refractivity contribution in [3.63, 3.8) is 0 Å². The summed E-state index contributed by atoms with van der Waals surface area (Å²) in [5.41, 5.74) is 1.98. The molecule has 5 nitrogen and oxygen atoms in total. The number of benzene rings is 2. The van der Waals surface area contributed by atoms with Gasteiger partial charge in [-0.3, -0.25) is 9.59 Å². The van der Waals surface area contributed by atoms with E-state index in [-0.39, 0.29) is 22.0 Å². The minimum Gasteiger partial charge on any atom is -0.266 e. The molecule has 0 fully saturated rings. The van der Waals surface area contributed by atoms with E-state index in [0.717, 1.165) is 27.0 Å². The molecule has 0 radical (unpaired) electrons. The summed E-state index contributed by atoms with van der Waals surface area (Å²) in [5.74, 6) is -0.386. The van der Waals surface area contributed by atoms with E-state index >= 15 is 0 Å². The lowest BCUT2D eigenvalue weighted by atomic mass is 10.1. The first-order valence-corrected chi connectivity index (χ1v) is 9.07. The molecule has 0 saturated carbocycles. The van der Waals surface area contributed by atoms with Gasteiger partial charge in [-0.25, -0.2) is 4.39 Å². The maximum atomic E-state index is 13.3. The second-order valence-electron chi connectivity index (χ2n) is 6.19. The first-order chi connectivity index (χ1) is 13.0. The van der Waals surface area contributed by atoms with Crippen molar-refractivity contribution in [3.8, 4) is 0 Å². The number of halogens is 1. The van der Waals surface area contributed by atoms with Crippen LogP contribution in [0, 0.1) is 12.7 Å². The van der Waals surface area contributed by atoms with Crippen molar-refractivity contribution >= 4 is 22.4 Å². The summed E-state index contributed by atoms with van der Waals surface area (Å²) in [4.78, 5) is 29.1. The van der Waals surface area contributed by atoms with Gasteiger partial charge in [0, 0.05) is 6.42 Å². The highest BCUT2D eigenvalue weighted by molar-refractivity contribution is 7.15. The smallest absolute Gasteiger partial charge is 0.266 e. The van der Waals surface area contributed by atoms with E-state index in [1.54, 1.807) is 18.2 Å². The van der Waals surface area contributed by atoms with Crippen molar-refractivity contribution in [3.05, 3.63) is 102 Å². The summed E-state index contributed by atoms with van der Waals surface area (Å²) >= 11 is 1.05. The summed E-state index contributed by atoms with van der Waals surface area (Å²) in [7, 11) is 0. The lowest BCUT2D eigenvalue weighted by Gasteiger charge is -2.01. The quantitative estimate of drug-likeness (QED) is 0.547. The molecule has 134 valence electrons. The van der Waals surface area contributed by atoms with Crippen LogP contribution in [0.4, 0.5) is 4.39 Å². The Labute approximate surface area is 157 Å². The van der Waals surface area contributed by atoms with Crippen LogP contribution >= 0.6 is 11.3 Å². The Morgan fingerprint density at radius 2 is 1.93 bits per heavy atom. The van der Waals surface area contributed by atoms with Gasteiger partial charge in [-0.2, -0.15) is 14.6 Å². The normalized spacial score (nSPS) is 12.0. The van der Waals surface area contributed by atoms with E-state index in [1.165, 1.54) is 12.1 Å². The fraction of sp³-hybridized carbons (Fsp3) is 0.100. The van der Waals surface area contributed by atoms with E-state index in [4.69, 9.17) is 0 Å². The van der Waals surface area contributed by atoms with Crippen molar-refractivity contribution in [1.82, 2.24) is 14.6 Å². The first kappa shape index (κ1) is 17.2. The molecular weight excluding hydrogens is 365 g/mol. The molecule has 0 atom stereocenters. The van der Waals surface area contributed by atoms with Gasteiger partial charge in [-0.1, -0.05) is 53.3 Å². The molecule has 0 aliphatic rings. The van der Waals surface area contributed by atoms with Crippen LogP contribution in [0.2, 0.25) is 0 Å². The fourth-order valence-corrected chi connectivity index (χ4v) is 3.60. The van der Waals surface area contributed by atoms with Gasteiger partial charge in [-0.05, 0) is 36.3 Å². The second-order valence-corrected chi connectivity index (χ2v) is 7.20. The van der Waals surface area contributed by atoms with Gasteiger partial charge in [0.25, 0.3) is 11.1 Å². The summed E-state index contributed by atoms with van der Waals surface area (Å²) in [6.45, 7) is 1.98. The Morgan fingerprint density at radius 1 is 1.15 bits per heavy atom. The zero-order valence-corrected chi connectivity index (χ0v) is 15.2. The highest BCUT2D eigenvalue weighted by atomic mass is 32.1. The van der Waals surface area contributed by atoms with Gasteiger partial charge in [0.2, 0.25) is 4.96 Å². The largest absolute Gasteiger partial charge is 0.296 e. The standard InChI is InChI=1S/C20H14FN3O2S/c1-12-5-7-13(8-6-12)10-16-18(25)22-20-24(23-16)19(26)17(27-20)11-14-3-2-4-15(21)9-14/h2-9,11H,10H2,1H3/b17-11-. The molecule has 4 rings (SSSR count). The van der Waals surface area contributed by atoms with Crippen molar-refractivity contribution < 1.29 is 4.39 Å². The van der Waals surface area contributed by atoms with Crippen molar-refractivity contribution in [2.24, 2.45) is 0 Å². The maximum Gasteiger partial charge on any atom is 0.296 e. The van der Waals surface area contributed by atoms with E-state index in [0.29, 0.717) is 16.5 Å². The Hall–Kier alpha value is -3.19. The predicted octanol–water partition coefficient (Wildman–Crippen LogP) is 2.10. The first-order valence-electron chi connectivity index (χ1n) is 8.25. The minimum absolute atomic E-state index is 0.212. The van der Waals surface area contributed by atoms with Crippen molar-refractivity contribution in [2.75, 3.05) is 0 Å². The number of aromatic nitrogens is 3. The Morgan fingerprint density at radius 3 is 2.67 bits per heavy atom. The van der Waals surface area contributed by atoms with Crippen LogP contribution in [-0.2, 0) is 6.42 Å². The van der Waals surface area contributed by atoms with Gasteiger partial charge >= 0.3 is 0 Å². The number of fused-ring (bicyclic) bond motifs is 1. The fourth-order valence-electron chi connectivity index (χ4n) is 2.70. The molecule has 7 heteroatoms. The molecule has 27 heavy (non-hydrogen) atoms. The SMILES string of the molecule is Cc1ccc(Cc2nn3c(=O)/c(=C/c4cccc(F)c4)sc3nc2=O)cc1. The molecule has 0 amide bonds. The zero-order chi connectivity index (χ0) is 19.0. The van der Waals surface area contributed by atoms with Crippen LogP contribution in [0.3, 0.4) is 0 Å². The van der Waals surface area contributed by atoms with Crippen LogP contribution in [0.25, 0.3) is 11.0 Å². The summed E-state index contributed by atoms with van der Waals surface area (Å²) < 4.78 is 14.8. The monoisotopic (exact) mass is 379 g/mol.